The summed E-state index contributed by atoms with van der Waals surface area (Å²) in [6, 6.07) is 0. The third kappa shape index (κ3) is 7.39. The van der Waals surface area contributed by atoms with Gasteiger partial charge >= 0.3 is 0 Å². The van der Waals surface area contributed by atoms with E-state index >= 15 is 0 Å². The van der Waals surface area contributed by atoms with Gasteiger partial charge in [0, 0.05) is 8.07 Å². The molecule has 0 heterocycles. The molecule has 0 nitrogen and oxygen atoms in total. The fraction of sp³-hybridized carbons (Fsp3) is 1.00. The Hall–Kier alpha value is 0.282. The van der Waals surface area contributed by atoms with E-state index in [-0.39, 0.29) is 0 Å². The first-order chi connectivity index (χ1) is 9.52. The van der Waals surface area contributed by atoms with E-state index in [1.807, 2.05) is 0 Å². The van der Waals surface area contributed by atoms with E-state index in [1.54, 1.807) is 0 Å². The molecule has 0 spiro atoms. The average Bonchev–Trinajstić information content (AvgIpc) is 2.35. The van der Waals surface area contributed by atoms with Gasteiger partial charge in [0.15, 0.2) is 0 Å². The molecule has 0 aliphatic rings. The second kappa shape index (κ2) is 9.43. The number of hydrogen-bond acceptors (Lipinski definition) is 0. The fourth-order valence-electron chi connectivity index (χ4n) is 3.75. The molecule has 2 heteroatoms. The van der Waals surface area contributed by atoms with E-state index in [9.17, 15) is 0 Å². The Bertz CT molecular complexity index is 253. The van der Waals surface area contributed by atoms with Crippen molar-refractivity contribution in [1.82, 2.24) is 0 Å². The molecule has 0 fully saturated rings. The summed E-state index contributed by atoms with van der Waals surface area (Å²) in [7, 11) is -0.998. The minimum Gasteiger partial charge on any atom is -0.0737 e. The second-order valence-corrected chi connectivity index (χ2v) is 14.8. The second-order valence-electron chi connectivity index (χ2n) is 9.30. The minimum absolute atomic E-state index is 0.813. The molecule has 0 rings (SSSR count). The summed E-state index contributed by atoms with van der Waals surface area (Å²) >= 11 is 0. The molecule has 21 heavy (non-hydrogen) atoms. The molecule has 0 radical (unpaired) electrons. The maximum absolute atomic E-state index is 2.57. The molecule has 0 aromatic heterocycles. The lowest BCUT2D eigenvalue weighted by Crippen LogP contribution is -2.33. The van der Waals surface area contributed by atoms with Crippen LogP contribution in [0.25, 0.3) is 0 Å². The van der Waals surface area contributed by atoms with Crippen LogP contribution < -0.4 is 0 Å². The van der Waals surface area contributed by atoms with Crippen LogP contribution in [-0.4, -0.2) is 14.8 Å². The van der Waals surface area contributed by atoms with Crippen LogP contribution in [0.2, 0.25) is 43.1 Å². The van der Waals surface area contributed by atoms with Crippen LogP contribution in [0.3, 0.4) is 0 Å². The quantitative estimate of drug-likeness (QED) is 0.367. The summed E-state index contributed by atoms with van der Waals surface area (Å²) < 4.78 is 0. The first-order valence-electron chi connectivity index (χ1n) is 9.52. The van der Waals surface area contributed by atoms with Crippen molar-refractivity contribution in [3.63, 3.8) is 0 Å². The van der Waals surface area contributed by atoms with Gasteiger partial charge in [0.2, 0.25) is 0 Å². The van der Waals surface area contributed by atoms with Gasteiger partial charge in [-0.3, -0.25) is 0 Å². The lowest BCUT2D eigenvalue weighted by Gasteiger charge is -2.35. The van der Waals surface area contributed by atoms with E-state index in [2.05, 4.69) is 68.1 Å². The standard InChI is InChI=1S/C19H43BSi/c1-11-12-19(21(8,9)10)13-14-20(17(6)15(2)3)18(7)16(4)5/h15-19H,11-14H2,1-10H3. The lowest BCUT2D eigenvalue weighted by molar-refractivity contribution is 0.553. The third-order valence-corrected chi connectivity index (χ3v) is 9.19. The van der Waals surface area contributed by atoms with Crippen LogP contribution in [-0.2, 0) is 0 Å². The Balaban J connectivity index is 4.88. The van der Waals surface area contributed by atoms with Crippen LogP contribution in [0.5, 0.6) is 0 Å². The highest BCUT2D eigenvalue weighted by Crippen LogP contribution is 2.39. The first-order valence-corrected chi connectivity index (χ1v) is 13.1. The lowest BCUT2D eigenvalue weighted by atomic mass is 9.29. The maximum atomic E-state index is 2.57. The smallest absolute Gasteiger partial charge is 0.0737 e. The first kappa shape index (κ1) is 21.3. The van der Waals surface area contributed by atoms with Gasteiger partial charge in [-0.25, -0.2) is 0 Å². The van der Waals surface area contributed by atoms with Crippen molar-refractivity contribution in [3.8, 4) is 0 Å². The van der Waals surface area contributed by atoms with Crippen LogP contribution in [0.4, 0.5) is 0 Å². The van der Waals surface area contributed by atoms with E-state index in [4.69, 9.17) is 0 Å². The molecule has 0 aromatic rings. The zero-order valence-corrected chi connectivity index (χ0v) is 17.8. The van der Waals surface area contributed by atoms with Crippen molar-refractivity contribution in [2.24, 2.45) is 11.8 Å². The number of hydrogen-bond donors (Lipinski definition) is 0. The van der Waals surface area contributed by atoms with Crippen molar-refractivity contribution in [2.45, 2.75) is 111 Å². The normalized spacial score (nSPS) is 17.1. The van der Waals surface area contributed by atoms with Crippen molar-refractivity contribution in [2.75, 3.05) is 0 Å². The molecule has 0 aliphatic carbocycles. The Morgan fingerprint density at radius 1 is 0.762 bits per heavy atom. The highest BCUT2D eigenvalue weighted by Gasteiger charge is 2.33. The molecule has 0 aliphatic heterocycles. The van der Waals surface area contributed by atoms with Crippen molar-refractivity contribution in [3.05, 3.63) is 0 Å². The van der Waals surface area contributed by atoms with Crippen molar-refractivity contribution in [1.29, 1.82) is 0 Å². The highest BCUT2D eigenvalue weighted by atomic mass is 28.3. The van der Waals surface area contributed by atoms with Crippen LogP contribution in [0.1, 0.15) is 67.7 Å². The van der Waals surface area contributed by atoms with Gasteiger partial charge in [-0.15, -0.1) is 0 Å². The van der Waals surface area contributed by atoms with Gasteiger partial charge in [-0.2, -0.15) is 0 Å². The Kier molecular flexibility index (Phi) is 9.55. The molecular formula is C19H43BSi. The summed E-state index contributed by atoms with van der Waals surface area (Å²) in [5, 5.41) is 0. The zero-order chi connectivity index (χ0) is 16.8. The number of rotatable bonds is 10. The van der Waals surface area contributed by atoms with Gasteiger partial charge in [0.1, 0.15) is 6.71 Å². The van der Waals surface area contributed by atoms with Crippen LogP contribution in [0.15, 0.2) is 0 Å². The summed E-state index contributed by atoms with van der Waals surface area (Å²) in [6.07, 6.45) is 5.74. The Morgan fingerprint density at radius 3 is 1.48 bits per heavy atom. The summed E-state index contributed by atoms with van der Waals surface area (Å²) in [5.41, 5.74) is 1.02. The summed E-state index contributed by atoms with van der Waals surface area (Å²) in [6.45, 7) is 25.6. The zero-order valence-electron chi connectivity index (χ0n) is 16.8. The van der Waals surface area contributed by atoms with E-state index in [0.29, 0.717) is 0 Å². The molecule has 0 aromatic carbocycles. The molecule has 0 saturated carbocycles. The molecule has 0 amide bonds. The van der Waals surface area contributed by atoms with Crippen LogP contribution >= 0.6 is 0 Å². The van der Waals surface area contributed by atoms with Gasteiger partial charge in [0.05, 0.1) is 0 Å². The van der Waals surface area contributed by atoms with Crippen molar-refractivity contribution >= 4 is 14.8 Å². The monoisotopic (exact) mass is 310 g/mol. The Labute approximate surface area is 138 Å². The third-order valence-electron chi connectivity index (χ3n) is 6.16. The largest absolute Gasteiger partial charge is 0.146 e. The fourth-order valence-corrected chi connectivity index (χ4v) is 5.93. The van der Waals surface area contributed by atoms with E-state index in [1.165, 1.54) is 25.6 Å². The minimum atomic E-state index is -0.998. The van der Waals surface area contributed by atoms with E-state index < -0.39 is 8.07 Å². The van der Waals surface area contributed by atoms with Crippen LogP contribution in [0, 0.1) is 11.8 Å². The van der Waals surface area contributed by atoms with Gasteiger partial charge in [-0.05, 0) is 5.54 Å². The van der Waals surface area contributed by atoms with Gasteiger partial charge in [-0.1, -0.05) is 117 Å². The highest BCUT2D eigenvalue weighted by molar-refractivity contribution is 6.77. The molecule has 126 valence electrons. The molecular weight excluding hydrogens is 267 g/mol. The SMILES string of the molecule is CCCC(CCB(C(C)C(C)C)C(C)C(C)C)[Si](C)(C)C. The maximum Gasteiger partial charge on any atom is 0.146 e. The van der Waals surface area contributed by atoms with Crippen molar-refractivity contribution < 1.29 is 0 Å². The summed E-state index contributed by atoms with van der Waals surface area (Å²) in [5.74, 6) is 3.33. The molecule has 0 saturated heterocycles. The summed E-state index contributed by atoms with van der Waals surface area (Å²) in [4.78, 5) is 0. The average molecular weight is 310 g/mol. The molecule has 3 unspecified atom stereocenters. The topological polar surface area (TPSA) is 0 Å². The predicted molar refractivity (Wildman–Crippen MR) is 106 cm³/mol. The van der Waals surface area contributed by atoms with Gasteiger partial charge in [0.25, 0.3) is 0 Å². The molecule has 3 atom stereocenters. The predicted octanol–water partition coefficient (Wildman–Crippen LogP) is 7.47. The molecule has 0 bridgehead atoms. The Morgan fingerprint density at radius 2 is 1.19 bits per heavy atom. The van der Waals surface area contributed by atoms with E-state index in [0.717, 1.165) is 35.7 Å². The van der Waals surface area contributed by atoms with Gasteiger partial charge < -0.3 is 0 Å². The molecule has 0 N–H and O–H groups in total.